The number of methoxy groups -OCH3 is 1. The topological polar surface area (TPSA) is 74.8 Å². The van der Waals surface area contributed by atoms with Gasteiger partial charge >= 0.3 is 0 Å². The molecular weight excluding hydrogens is 404 g/mol. The average Bonchev–Trinajstić information content (AvgIpc) is 2.79. The number of ether oxygens (including phenoxy) is 1. The third-order valence-electron chi connectivity index (χ3n) is 5.80. The van der Waals surface area contributed by atoms with Crippen LogP contribution in [0.25, 0.3) is 10.9 Å². The van der Waals surface area contributed by atoms with Gasteiger partial charge in [-0.1, -0.05) is 24.3 Å². The smallest absolute Gasteiger partial charge is 0.227 e. The molecule has 1 aromatic heterocycles. The molecule has 0 bridgehead atoms. The summed E-state index contributed by atoms with van der Waals surface area (Å²) in [6, 6.07) is 15.5. The summed E-state index contributed by atoms with van der Waals surface area (Å²) in [7, 11) is 1.66. The molecular formula is C25H28N4O3. The summed E-state index contributed by atoms with van der Waals surface area (Å²) >= 11 is 0. The highest BCUT2D eigenvalue weighted by atomic mass is 16.5. The van der Waals surface area contributed by atoms with Gasteiger partial charge in [-0.2, -0.15) is 0 Å². The predicted molar refractivity (Wildman–Crippen MR) is 126 cm³/mol. The lowest BCUT2D eigenvalue weighted by atomic mass is 10.1. The standard InChI is InChI=1S/C25H28N4O3/c1-17-15-23(27-25-21(17)5-4-6-22(25)32-3)28-11-13-29(14-12-28)24(31)16-19-7-9-20(10-8-19)26-18(2)30/h4-10,15H,11-14,16H2,1-3H3,(H,26,30). The second-order valence-electron chi connectivity index (χ2n) is 8.08. The number of pyridine rings is 1. The number of anilines is 2. The number of amides is 2. The van der Waals surface area contributed by atoms with Gasteiger partial charge in [-0.25, -0.2) is 4.98 Å². The van der Waals surface area contributed by atoms with Gasteiger partial charge in [0, 0.05) is 44.2 Å². The minimum absolute atomic E-state index is 0.110. The highest BCUT2D eigenvalue weighted by molar-refractivity contribution is 5.89. The van der Waals surface area contributed by atoms with Crippen molar-refractivity contribution in [1.82, 2.24) is 9.88 Å². The molecule has 0 spiro atoms. The molecule has 0 saturated carbocycles. The SMILES string of the molecule is COc1cccc2c(C)cc(N3CCN(C(=O)Cc4ccc(NC(C)=O)cc4)CC3)nc12. The lowest BCUT2D eigenvalue weighted by molar-refractivity contribution is -0.130. The number of aromatic nitrogens is 1. The van der Waals surface area contributed by atoms with Crippen LogP contribution in [0.15, 0.2) is 48.5 Å². The maximum atomic E-state index is 12.8. The van der Waals surface area contributed by atoms with Gasteiger partial charge in [-0.05, 0) is 42.3 Å². The molecule has 0 unspecified atom stereocenters. The second-order valence-corrected chi connectivity index (χ2v) is 8.08. The van der Waals surface area contributed by atoms with Crippen LogP contribution in [-0.2, 0) is 16.0 Å². The lowest BCUT2D eigenvalue weighted by Gasteiger charge is -2.35. The van der Waals surface area contributed by atoms with E-state index < -0.39 is 0 Å². The van der Waals surface area contributed by atoms with Crippen molar-refractivity contribution in [2.24, 2.45) is 0 Å². The maximum absolute atomic E-state index is 12.8. The Bertz CT molecular complexity index is 1140. The molecule has 2 amide bonds. The van der Waals surface area contributed by atoms with Gasteiger partial charge in [-0.15, -0.1) is 0 Å². The molecule has 1 aliphatic rings. The summed E-state index contributed by atoms with van der Waals surface area (Å²) < 4.78 is 5.50. The quantitative estimate of drug-likeness (QED) is 0.669. The predicted octanol–water partition coefficient (Wildman–Crippen LogP) is 3.40. The van der Waals surface area contributed by atoms with Crippen LogP contribution in [0.5, 0.6) is 5.75 Å². The van der Waals surface area contributed by atoms with E-state index in [1.165, 1.54) is 6.92 Å². The Labute approximate surface area is 188 Å². The van der Waals surface area contributed by atoms with E-state index in [4.69, 9.17) is 9.72 Å². The number of piperazine rings is 1. The Morgan fingerprint density at radius 1 is 1.06 bits per heavy atom. The van der Waals surface area contributed by atoms with Crippen molar-refractivity contribution in [3.05, 3.63) is 59.7 Å². The summed E-state index contributed by atoms with van der Waals surface area (Å²) in [6.07, 6.45) is 0.352. The van der Waals surface area contributed by atoms with Crippen molar-refractivity contribution in [2.75, 3.05) is 43.5 Å². The Morgan fingerprint density at radius 2 is 1.78 bits per heavy atom. The minimum Gasteiger partial charge on any atom is -0.494 e. The second kappa shape index (κ2) is 9.26. The number of fused-ring (bicyclic) bond motifs is 1. The monoisotopic (exact) mass is 432 g/mol. The molecule has 1 aliphatic heterocycles. The molecule has 0 atom stereocenters. The fraction of sp³-hybridized carbons (Fsp3) is 0.320. The Morgan fingerprint density at radius 3 is 2.44 bits per heavy atom. The highest BCUT2D eigenvalue weighted by Crippen LogP contribution is 2.29. The molecule has 7 heteroatoms. The fourth-order valence-electron chi connectivity index (χ4n) is 4.08. The van der Waals surface area contributed by atoms with Crippen LogP contribution in [0.2, 0.25) is 0 Å². The number of rotatable bonds is 5. The number of nitrogens with zero attached hydrogens (tertiary/aromatic N) is 3. The molecule has 2 heterocycles. The number of nitrogens with one attached hydrogen (secondary N) is 1. The number of benzene rings is 2. The van der Waals surface area contributed by atoms with Gasteiger partial charge in [0.2, 0.25) is 11.8 Å². The molecule has 7 nitrogen and oxygen atoms in total. The molecule has 166 valence electrons. The zero-order valence-corrected chi connectivity index (χ0v) is 18.7. The number of carbonyl (C=O) groups is 2. The van der Waals surface area contributed by atoms with E-state index in [-0.39, 0.29) is 11.8 Å². The lowest BCUT2D eigenvalue weighted by Crippen LogP contribution is -2.49. The summed E-state index contributed by atoms with van der Waals surface area (Å²) in [6.45, 7) is 6.36. The van der Waals surface area contributed by atoms with Gasteiger partial charge in [0.05, 0.1) is 13.5 Å². The molecule has 4 rings (SSSR count). The van der Waals surface area contributed by atoms with Gasteiger partial charge in [0.15, 0.2) is 0 Å². The molecule has 0 aliphatic carbocycles. The summed E-state index contributed by atoms with van der Waals surface area (Å²) in [5, 5.41) is 3.83. The zero-order chi connectivity index (χ0) is 22.7. The largest absolute Gasteiger partial charge is 0.494 e. The molecule has 32 heavy (non-hydrogen) atoms. The average molecular weight is 433 g/mol. The van der Waals surface area contributed by atoms with Crippen molar-refractivity contribution in [3.63, 3.8) is 0 Å². The van der Waals surface area contributed by atoms with E-state index in [1.54, 1.807) is 7.11 Å². The molecule has 2 aromatic carbocycles. The molecule has 1 saturated heterocycles. The Kier molecular flexibility index (Phi) is 6.25. The molecule has 1 N–H and O–H groups in total. The normalized spacial score (nSPS) is 13.8. The maximum Gasteiger partial charge on any atom is 0.227 e. The third-order valence-corrected chi connectivity index (χ3v) is 5.80. The number of hydrogen-bond acceptors (Lipinski definition) is 5. The van der Waals surface area contributed by atoms with Crippen LogP contribution in [-0.4, -0.2) is 55.0 Å². The van der Waals surface area contributed by atoms with Crippen LogP contribution in [0.3, 0.4) is 0 Å². The first-order valence-electron chi connectivity index (χ1n) is 10.8. The first kappa shape index (κ1) is 21.6. The minimum atomic E-state index is -0.110. The van der Waals surface area contributed by atoms with E-state index in [0.717, 1.165) is 52.4 Å². The van der Waals surface area contributed by atoms with E-state index in [2.05, 4.69) is 29.3 Å². The van der Waals surface area contributed by atoms with Crippen LogP contribution >= 0.6 is 0 Å². The summed E-state index contributed by atoms with van der Waals surface area (Å²) in [5.74, 6) is 1.69. The van der Waals surface area contributed by atoms with E-state index in [1.807, 2.05) is 41.3 Å². The van der Waals surface area contributed by atoms with Crippen LogP contribution in [0.1, 0.15) is 18.1 Å². The van der Waals surface area contributed by atoms with Gasteiger partial charge in [0.25, 0.3) is 0 Å². The number of hydrogen-bond donors (Lipinski definition) is 1. The van der Waals surface area contributed by atoms with E-state index in [9.17, 15) is 9.59 Å². The Balaban J connectivity index is 1.39. The molecule has 1 fully saturated rings. The number of para-hydroxylation sites is 1. The van der Waals surface area contributed by atoms with E-state index in [0.29, 0.717) is 19.5 Å². The summed E-state index contributed by atoms with van der Waals surface area (Å²) in [4.78, 5) is 32.9. The van der Waals surface area contributed by atoms with Crippen molar-refractivity contribution in [2.45, 2.75) is 20.3 Å². The van der Waals surface area contributed by atoms with Crippen molar-refractivity contribution >= 4 is 34.2 Å². The van der Waals surface area contributed by atoms with Crippen molar-refractivity contribution in [1.29, 1.82) is 0 Å². The van der Waals surface area contributed by atoms with Crippen molar-refractivity contribution in [3.8, 4) is 5.75 Å². The fourth-order valence-corrected chi connectivity index (χ4v) is 4.08. The number of carbonyl (C=O) groups excluding carboxylic acids is 2. The first-order valence-corrected chi connectivity index (χ1v) is 10.8. The van der Waals surface area contributed by atoms with Gasteiger partial charge in [-0.3, -0.25) is 9.59 Å². The number of aryl methyl sites for hydroxylation is 1. The summed E-state index contributed by atoms with van der Waals surface area (Å²) in [5.41, 5.74) is 3.69. The van der Waals surface area contributed by atoms with Gasteiger partial charge < -0.3 is 19.9 Å². The zero-order valence-electron chi connectivity index (χ0n) is 18.7. The van der Waals surface area contributed by atoms with Gasteiger partial charge in [0.1, 0.15) is 17.1 Å². The highest BCUT2D eigenvalue weighted by Gasteiger charge is 2.23. The molecule has 3 aromatic rings. The van der Waals surface area contributed by atoms with Crippen LogP contribution in [0, 0.1) is 6.92 Å². The van der Waals surface area contributed by atoms with Crippen LogP contribution < -0.4 is 15.0 Å². The van der Waals surface area contributed by atoms with Crippen LogP contribution in [0.4, 0.5) is 11.5 Å². The van der Waals surface area contributed by atoms with E-state index >= 15 is 0 Å². The Hall–Kier alpha value is -3.61. The third kappa shape index (κ3) is 4.66. The molecule has 0 radical (unpaired) electrons. The van der Waals surface area contributed by atoms with Crippen molar-refractivity contribution < 1.29 is 14.3 Å². The first-order chi connectivity index (χ1) is 15.4.